The van der Waals surface area contributed by atoms with Gasteiger partial charge in [-0.2, -0.15) is 0 Å². The van der Waals surface area contributed by atoms with Gasteiger partial charge in [-0.05, 0) is 30.3 Å². The second kappa shape index (κ2) is 7.18. The molecule has 0 saturated carbocycles. The molecule has 0 aliphatic rings. The Kier molecular flexibility index (Phi) is 5.47. The Morgan fingerprint density at radius 1 is 1.04 bits per heavy atom. The van der Waals surface area contributed by atoms with Crippen LogP contribution in [-0.2, 0) is 9.09 Å². The van der Waals surface area contributed by atoms with Crippen molar-refractivity contribution in [2.45, 2.75) is 5.85 Å². The molecule has 0 fully saturated rings. The Bertz CT molecular complexity index is 700. The molecule has 1 N–H and O–H groups in total. The Labute approximate surface area is 136 Å². The van der Waals surface area contributed by atoms with E-state index in [9.17, 15) is 9.67 Å². The summed E-state index contributed by atoms with van der Waals surface area (Å²) >= 11 is 0. The summed E-state index contributed by atoms with van der Waals surface area (Å²) in [5, 5.41) is 11.2. The number of aliphatic hydroxyl groups is 1. The highest BCUT2D eigenvalue weighted by molar-refractivity contribution is 7.67. The predicted octanol–water partition coefficient (Wildman–Crippen LogP) is 3.00. The molecule has 23 heavy (non-hydrogen) atoms. The number of hydrogen-bond donors (Lipinski definition) is 1. The van der Waals surface area contributed by atoms with Crippen LogP contribution in [-0.4, -0.2) is 33.4 Å². The minimum Gasteiger partial charge on any atom is -0.496 e. The third kappa shape index (κ3) is 3.42. The van der Waals surface area contributed by atoms with E-state index < -0.39 is 13.2 Å². The summed E-state index contributed by atoms with van der Waals surface area (Å²) in [7, 11) is 3.21. The lowest BCUT2D eigenvalue weighted by Gasteiger charge is -2.24. The fraction of sp³-hybridized carbons (Fsp3) is 0.294. The highest BCUT2D eigenvalue weighted by Crippen LogP contribution is 2.58. The number of benzene rings is 2. The number of rotatable bonds is 6. The fourth-order valence-electron chi connectivity index (χ4n) is 2.37. The maximum absolute atomic E-state index is 13.3. The molecule has 0 amide bonds. The van der Waals surface area contributed by atoms with E-state index in [-0.39, 0.29) is 0 Å². The average Bonchev–Trinajstić information content (AvgIpc) is 2.60. The van der Waals surface area contributed by atoms with Crippen LogP contribution in [0.5, 0.6) is 5.75 Å². The Hall–Kier alpha value is -1.81. The smallest absolute Gasteiger partial charge is 0.264 e. The second-order valence-electron chi connectivity index (χ2n) is 5.31. The first-order valence-electron chi connectivity index (χ1n) is 7.18. The normalized spacial score (nSPS) is 14.8. The first-order valence-corrected chi connectivity index (χ1v) is 8.88. The van der Waals surface area contributed by atoms with Gasteiger partial charge < -0.3 is 19.3 Å². The molecule has 2 atom stereocenters. The molecule has 0 bridgehead atoms. The van der Waals surface area contributed by atoms with E-state index in [1.54, 1.807) is 36.4 Å². The lowest BCUT2D eigenvalue weighted by molar-refractivity contribution is 0.224. The van der Waals surface area contributed by atoms with Crippen molar-refractivity contribution < 1.29 is 18.9 Å². The van der Waals surface area contributed by atoms with E-state index in [1.807, 2.05) is 31.1 Å². The molecule has 0 spiro atoms. The lowest BCUT2D eigenvalue weighted by Crippen LogP contribution is -2.15. The summed E-state index contributed by atoms with van der Waals surface area (Å²) in [5.41, 5.74) is 1.42. The monoisotopic (exact) mass is 335 g/mol. The third-order valence-electron chi connectivity index (χ3n) is 3.74. The first-order chi connectivity index (χ1) is 10.9. The minimum atomic E-state index is -3.50. The van der Waals surface area contributed by atoms with Gasteiger partial charge in [0.15, 0.2) is 5.85 Å². The van der Waals surface area contributed by atoms with E-state index in [4.69, 9.17) is 9.26 Å². The first kappa shape index (κ1) is 17.5. The second-order valence-corrected chi connectivity index (χ2v) is 7.87. The number of hydrogen-bond acceptors (Lipinski definition) is 5. The molecule has 124 valence electrons. The van der Waals surface area contributed by atoms with Crippen molar-refractivity contribution >= 4 is 18.4 Å². The van der Waals surface area contributed by atoms with Crippen molar-refractivity contribution in [1.29, 1.82) is 0 Å². The number of nitrogens with zero attached hydrogens (tertiary/aromatic N) is 1. The van der Waals surface area contributed by atoms with Gasteiger partial charge in [0.05, 0.1) is 7.11 Å². The summed E-state index contributed by atoms with van der Waals surface area (Å²) in [6.45, 7) is 0. The predicted molar refractivity (Wildman–Crippen MR) is 93.0 cm³/mol. The SMILES string of the molecule is COc1ccccc1C(O)P(=O)(OC)c1ccc(N(C)C)cc1. The van der Waals surface area contributed by atoms with Gasteiger partial charge in [0.25, 0.3) is 7.37 Å². The number of methoxy groups -OCH3 is 1. The average molecular weight is 335 g/mol. The summed E-state index contributed by atoms with van der Waals surface area (Å²) in [6, 6.07) is 14.1. The van der Waals surface area contributed by atoms with Crippen LogP contribution in [0.3, 0.4) is 0 Å². The molecule has 0 saturated heterocycles. The van der Waals surface area contributed by atoms with Gasteiger partial charge in [0, 0.05) is 37.8 Å². The maximum atomic E-state index is 13.3. The quantitative estimate of drug-likeness (QED) is 0.823. The van der Waals surface area contributed by atoms with Crippen LogP contribution < -0.4 is 14.9 Å². The number of para-hydroxylation sites is 1. The van der Waals surface area contributed by atoms with E-state index in [1.165, 1.54) is 14.2 Å². The highest BCUT2D eigenvalue weighted by atomic mass is 31.2. The van der Waals surface area contributed by atoms with E-state index in [0.29, 0.717) is 16.6 Å². The van der Waals surface area contributed by atoms with Gasteiger partial charge in [0.1, 0.15) is 5.75 Å². The van der Waals surface area contributed by atoms with Crippen LogP contribution in [0.2, 0.25) is 0 Å². The van der Waals surface area contributed by atoms with E-state index in [0.717, 1.165) is 5.69 Å². The van der Waals surface area contributed by atoms with Gasteiger partial charge in [0.2, 0.25) is 0 Å². The molecule has 2 aromatic carbocycles. The number of aliphatic hydroxyl groups excluding tert-OH is 1. The zero-order valence-corrected chi connectivity index (χ0v) is 14.7. The van der Waals surface area contributed by atoms with Crippen molar-refractivity contribution in [3.63, 3.8) is 0 Å². The molecule has 6 heteroatoms. The van der Waals surface area contributed by atoms with E-state index >= 15 is 0 Å². The molecule has 0 radical (unpaired) electrons. The van der Waals surface area contributed by atoms with Gasteiger partial charge in [-0.15, -0.1) is 0 Å². The molecule has 0 aliphatic carbocycles. The zero-order valence-electron chi connectivity index (χ0n) is 13.8. The molecule has 2 unspecified atom stereocenters. The van der Waals surface area contributed by atoms with Crippen LogP contribution in [0.4, 0.5) is 5.69 Å². The molecule has 0 aliphatic heterocycles. The molecule has 5 nitrogen and oxygen atoms in total. The topological polar surface area (TPSA) is 59.0 Å². The Balaban J connectivity index is 2.45. The number of ether oxygens (including phenoxy) is 1. The van der Waals surface area contributed by atoms with Gasteiger partial charge in [-0.25, -0.2) is 0 Å². The van der Waals surface area contributed by atoms with Gasteiger partial charge in [-0.3, -0.25) is 4.57 Å². The van der Waals surface area contributed by atoms with Crippen LogP contribution in [0, 0.1) is 0 Å². The molecule has 0 aromatic heterocycles. The zero-order chi connectivity index (χ0) is 17.0. The van der Waals surface area contributed by atoms with Crippen LogP contribution in [0.15, 0.2) is 48.5 Å². The van der Waals surface area contributed by atoms with Crippen molar-refractivity contribution in [3.05, 3.63) is 54.1 Å². The van der Waals surface area contributed by atoms with Crippen molar-refractivity contribution in [3.8, 4) is 5.75 Å². The Morgan fingerprint density at radius 2 is 1.65 bits per heavy atom. The largest absolute Gasteiger partial charge is 0.496 e. The summed E-state index contributed by atoms with van der Waals surface area (Å²) in [5.74, 6) is -0.823. The highest BCUT2D eigenvalue weighted by Gasteiger charge is 2.36. The third-order valence-corrected chi connectivity index (χ3v) is 6.22. The molecule has 0 heterocycles. The van der Waals surface area contributed by atoms with Crippen LogP contribution in [0.1, 0.15) is 11.4 Å². The fourth-order valence-corrected chi connectivity index (χ4v) is 4.20. The Morgan fingerprint density at radius 3 is 2.17 bits per heavy atom. The summed E-state index contributed by atoms with van der Waals surface area (Å²) in [6.07, 6.45) is 0. The van der Waals surface area contributed by atoms with Crippen LogP contribution >= 0.6 is 7.37 Å². The minimum absolute atomic E-state index is 0.442. The van der Waals surface area contributed by atoms with Crippen molar-refractivity contribution in [2.75, 3.05) is 33.2 Å². The van der Waals surface area contributed by atoms with Crippen molar-refractivity contribution in [1.82, 2.24) is 0 Å². The van der Waals surface area contributed by atoms with E-state index in [2.05, 4.69) is 0 Å². The van der Waals surface area contributed by atoms with Gasteiger partial charge >= 0.3 is 0 Å². The molecule has 2 aromatic rings. The maximum Gasteiger partial charge on any atom is 0.264 e. The van der Waals surface area contributed by atoms with Crippen molar-refractivity contribution in [2.24, 2.45) is 0 Å². The summed E-state index contributed by atoms with van der Waals surface area (Å²) < 4.78 is 23.8. The van der Waals surface area contributed by atoms with Crippen LogP contribution in [0.25, 0.3) is 0 Å². The standard InChI is InChI=1S/C17H22NO4P/c1-18(2)13-9-11-14(12-10-13)23(20,22-4)17(19)15-7-5-6-8-16(15)21-3/h5-12,17,19H,1-4H3. The molecular formula is C17H22NO4P. The number of anilines is 1. The molecular weight excluding hydrogens is 313 g/mol. The molecule has 2 rings (SSSR count). The summed E-state index contributed by atoms with van der Waals surface area (Å²) in [4.78, 5) is 1.94. The lowest BCUT2D eigenvalue weighted by atomic mass is 10.2. The van der Waals surface area contributed by atoms with Gasteiger partial charge in [-0.1, -0.05) is 18.2 Å².